The van der Waals surface area contributed by atoms with Crippen molar-refractivity contribution < 1.29 is 17.9 Å². The molecule has 0 unspecified atom stereocenters. The second kappa shape index (κ2) is 6.79. The standard InChI is InChI=1S/C14H17N5O4S/c1-9-7-5-6-8-11(9)24(21,22)18-14(20)19(3)12-15-10(2)16-13(17-12)23-4/h5-8H,1-4H3,(H,18,20). The molecule has 1 N–H and O–H groups in total. The largest absolute Gasteiger partial charge is 0.467 e. The van der Waals surface area contributed by atoms with Gasteiger partial charge in [-0.25, -0.2) is 17.9 Å². The van der Waals surface area contributed by atoms with Crippen LogP contribution in [0.3, 0.4) is 0 Å². The second-order valence-corrected chi connectivity index (χ2v) is 6.56. The van der Waals surface area contributed by atoms with Crippen molar-refractivity contribution in [2.75, 3.05) is 19.1 Å². The van der Waals surface area contributed by atoms with Crippen LogP contribution in [0.25, 0.3) is 0 Å². The Bertz CT molecular complexity index is 869. The Morgan fingerprint density at radius 1 is 1.17 bits per heavy atom. The number of rotatable bonds is 4. The number of urea groups is 1. The molecule has 0 saturated carbocycles. The van der Waals surface area contributed by atoms with Gasteiger partial charge in [0.2, 0.25) is 5.95 Å². The molecule has 2 aromatic rings. The van der Waals surface area contributed by atoms with E-state index in [0.29, 0.717) is 11.4 Å². The van der Waals surface area contributed by atoms with E-state index in [4.69, 9.17) is 4.74 Å². The number of ether oxygens (including phenoxy) is 1. The van der Waals surface area contributed by atoms with Crippen molar-refractivity contribution in [3.8, 4) is 6.01 Å². The van der Waals surface area contributed by atoms with Gasteiger partial charge in [-0.2, -0.15) is 15.0 Å². The Kier molecular flexibility index (Phi) is 4.98. The van der Waals surface area contributed by atoms with Gasteiger partial charge in [-0.15, -0.1) is 0 Å². The smallest absolute Gasteiger partial charge is 0.337 e. The number of amides is 2. The molecule has 0 bridgehead atoms. The predicted octanol–water partition coefficient (Wildman–Crippen LogP) is 1.03. The Morgan fingerprint density at radius 2 is 1.83 bits per heavy atom. The monoisotopic (exact) mass is 351 g/mol. The van der Waals surface area contributed by atoms with Crippen molar-refractivity contribution in [3.05, 3.63) is 35.7 Å². The van der Waals surface area contributed by atoms with Crippen LogP contribution in [0.1, 0.15) is 11.4 Å². The minimum atomic E-state index is -4.01. The first kappa shape index (κ1) is 17.6. The molecule has 0 aliphatic heterocycles. The molecule has 0 spiro atoms. The summed E-state index contributed by atoms with van der Waals surface area (Å²) in [6.45, 7) is 3.24. The van der Waals surface area contributed by atoms with Crippen molar-refractivity contribution in [1.29, 1.82) is 0 Å². The Labute approximate surface area is 139 Å². The molecule has 24 heavy (non-hydrogen) atoms. The van der Waals surface area contributed by atoms with Crippen LogP contribution < -0.4 is 14.4 Å². The molecule has 0 fully saturated rings. The first-order valence-electron chi connectivity index (χ1n) is 6.87. The fourth-order valence-corrected chi connectivity index (χ4v) is 3.10. The fourth-order valence-electron chi connectivity index (χ4n) is 1.87. The number of aromatic nitrogens is 3. The van der Waals surface area contributed by atoms with Gasteiger partial charge in [0.25, 0.3) is 10.0 Å². The Hall–Kier alpha value is -2.75. The van der Waals surface area contributed by atoms with E-state index in [0.717, 1.165) is 4.90 Å². The molecule has 10 heteroatoms. The van der Waals surface area contributed by atoms with Crippen LogP contribution in [0.5, 0.6) is 6.01 Å². The molecule has 2 amide bonds. The van der Waals surface area contributed by atoms with E-state index in [2.05, 4.69) is 15.0 Å². The van der Waals surface area contributed by atoms with E-state index in [1.165, 1.54) is 20.2 Å². The summed E-state index contributed by atoms with van der Waals surface area (Å²) >= 11 is 0. The molecule has 128 valence electrons. The van der Waals surface area contributed by atoms with E-state index >= 15 is 0 Å². The lowest BCUT2D eigenvalue weighted by molar-refractivity contribution is 0.251. The van der Waals surface area contributed by atoms with Crippen LogP contribution in [0.4, 0.5) is 10.7 Å². The van der Waals surface area contributed by atoms with Crippen molar-refractivity contribution in [3.63, 3.8) is 0 Å². The van der Waals surface area contributed by atoms with Crippen LogP contribution in [0.2, 0.25) is 0 Å². The molecular weight excluding hydrogens is 334 g/mol. The summed E-state index contributed by atoms with van der Waals surface area (Å²) in [6.07, 6.45) is 0. The molecule has 9 nitrogen and oxygen atoms in total. The quantitative estimate of drug-likeness (QED) is 0.875. The molecule has 1 heterocycles. The Morgan fingerprint density at radius 3 is 2.46 bits per heavy atom. The van der Waals surface area contributed by atoms with E-state index in [9.17, 15) is 13.2 Å². The average Bonchev–Trinajstić information content (AvgIpc) is 2.53. The normalized spacial score (nSPS) is 11.0. The lowest BCUT2D eigenvalue weighted by atomic mass is 10.2. The molecule has 2 rings (SSSR count). The summed E-state index contributed by atoms with van der Waals surface area (Å²) < 4.78 is 31.6. The predicted molar refractivity (Wildman–Crippen MR) is 86.4 cm³/mol. The van der Waals surface area contributed by atoms with Crippen molar-refractivity contribution in [1.82, 2.24) is 19.7 Å². The number of carbonyl (C=O) groups excluding carboxylic acids is 1. The number of methoxy groups -OCH3 is 1. The minimum Gasteiger partial charge on any atom is -0.467 e. The van der Waals surface area contributed by atoms with E-state index in [1.807, 2.05) is 4.72 Å². The maximum absolute atomic E-state index is 12.4. The zero-order valence-corrected chi connectivity index (χ0v) is 14.5. The lowest BCUT2D eigenvalue weighted by Crippen LogP contribution is -2.41. The van der Waals surface area contributed by atoms with Crippen LogP contribution in [0.15, 0.2) is 29.2 Å². The number of hydrogen-bond donors (Lipinski definition) is 1. The van der Waals surface area contributed by atoms with Crippen LogP contribution >= 0.6 is 0 Å². The van der Waals surface area contributed by atoms with Gasteiger partial charge < -0.3 is 4.74 Å². The number of carbonyl (C=O) groups is 1. The van der Waals surface area contributed by atoms with Gasteiger partial charge in [0, 0.05) is 7.05 Å². The molecule has 1 aromatic heterocycles. The number of benzene rings is 1. The van der Waals surface area contributed by atoms with Gasteiger partial charge in [0.15, 0.2) is 0 Å². The molecule has 0 aliphatic rings. The summed E-state index contributed by atoms with van der Waals surface area (Å²) in [5.41, 5.74) is 0.526. The lowest BCUT2D eigenvalue weighted by Gasteiger charge is -2.17. The van der Waals surface area contributed by atoms with E-state index in [-0.39, 0.29) is 16.9 Å². The molecule has 0 aliphatic carbocycles. The van der Waals surface area contributed by atoms with Gasteiger partial charge in [-0.3, -0.25) is 4.90 Å². The number of nitrogens with zero attached hydrogens (tertiary/aromatic N) is 4. The summed E-state index contributed by atoms with van der Waals surface area (Å²) in [5.74, 6) is 0.301. The maximum Gasteiger partial charge on any atom is 0.337 e. The third-order valence-corrected chi connectivity index (χ3v) is 4.59. The molecule has 0 saturated heterocycles. The van der Waals surface area contributed by atoms with Crippen LogP contribution in [0, 0.1) is 13.8 Å². The first-order chi connectivity index (χ1) is 11.2. The molecule has 0 radical (unpaired) electrons. The average molecular weight is 351 g/mol. The highest BCUT2D eigenvalue weighted by Crippen LogP contribution is 2.15. The van der Waals surface area contributed by atoms with E-state index in [1.54, 1.807) is 32.0 Å². The highest BCUT2D eigenvalue weighted by molar-refractivity contribution is 7.90. The van der Waals surface area contributed by atoms with Crippen molar-refractivity contribution >= 4 is 22.0 Å². The summed E-state index contributed by atoms with van der Waals surface area (Å²) in [5, 5.41) is 0. The van der Waals surface area contributed by atoms with Gasteiger partial charge in [0.05, 0.1) is 12.0 Å². The highest BCUT2D eigenvalue weighted by Gasteiger charge is 2.24. The fraction of sp³-hybridized carbons (Fsp3) is 0.286. The number of aryl methyl sites for hydroxylation is 2. The summed E-state index contributed by atoms with van der Waals surface area (Å²) in [7, 11) is -1.29. The first-order valence-corrected chi connectivity index (χ1v) is 8.35. The van der Waals surface area contributed by atoms with Gasteiger partial charge in [-0.1, -0.05) is 18.2 Å². The van der Waals surface area contributed by atoms with E-state index < -0.39 is 16.1 Å². The Balaban J connectivity index is 2.26. The topological polar surface area (TPSA) is 114 Å². The minimum absolute atomic E-state index is 0.0242. The van der Waals surface area contributed by atoms with Gasteiger partial charge in [-0.05, 0) is 25.5 Å². The van der Waals surface area contributed by atoms with Gasteiger partial charge >= 0.3 is 12.0 Å². The number of nitrogens with one attached hydrogen (secondary N) is 1. The van der Waals surface area contributed by atoms with Crippen molar-refractivity contribution in [2.45, 2.75) is 18.7 Å². The number of hydrogen-bond acceptors (Lipinski definition) is 7. The number of anilines is 1. The second-order valence-electron chi connectivity index (χ2n) is 4.90. The van der Waals surface area contributed by atoms with Crippen molar-refractivity contribution in [2.24, 2.45) is 0 Å². The summed E-state index contributed by atoms with van der Waals surface area (Å²) in [6, 6.07) is 5.48. The van der Waals surface area contributed by atoms with Crippen LogP contribution in [-0.2, 0) is 10.0 Å². The zero-order valence-electron chi connectivity index (χ0n) is 13.6. The van der Waals surface area contributed by atoms with Crippen LogP contribution in [-0.4, -0.2) is 43.6 Å². The SMILES string of the molecule is COc1nc(C)nc(N(C)C(=O)NS(=O)(=O)c2ccccc2C)n1. The molecular formula is C14H17N5O4S. The zero-order chi connectivity index (χ0) is 17.9. The molecule has 1 aromatic carbocycles. The third-order valence-electron chi connectivity index (χ3n) is 3.11. The van der Waals surface area contributed by atoms with Gasteiger partial charge in [0.1, 0.15) is 5.82 Å². The summed E-state index contributed by atoms with van der Waals surface area (Å²) in [4.78, 5) is 25.1. The number of sulfonamides is 1. The maximum atomic E-state index is 12.4. The third kappa shape index (κ3) is 3.77. The highest BCUT2D eigenvalue weighted by atomic mass is 32.2. The molecule has 0 atom stereocenters.